The zero-order valence-corrected chi connectivity index (χ0v) is 17.1. The summed E-state index contributed by atoms with van der Waals surface area (Å²) in [7, 11) is 2.26. The second kappa shape index (κ2) is 7.68. The number of H-pyrrole nitrogens is 1. The van der Waals surface area contributed by atoms with E-state index < -0.39 is 0 Å². The molecule has 0 aliphatic carbocycles. The Balaban J connectivity index is 1.40. The third kappa shape index (κ3) is 3.46. The molecule has 4 heteroatoms. The van der Waals surface area contributed by atoms with Crippen LogP contribution < -0.4 is 0 Å². The van der Waals surface area contributed by atoms with Crippen LogP contribution in [0.4, 0.5) is 0 Å². The number of amides is 1. The van der Waals surface area contributed by atoms with Crippen molar-refractivity contribution in [2.75, 3.05) is 13.6 Å². The van der Waals surface area contributed by atoms with Gasteiger partial charge in [-0.1, -0.05) is 36.4 Å². The Kier molecular flexibility index (Phi) is 4.88. The molecule has 150 valence electrons. The number of fused-ring (bicyclic) bond motifs is 3. The highest BCUT2D eigenvalue weighted by atomic mass is 16.2. The van der Waals surface area contributed by atoms with Crippen molar-refractivity contribution in [3.05, 3.63) is 71.9 Å². The van der Waals surface area contributed by atoms with Crippen molar-refractivity contribution < 1.29 is 4.79 Å². The summed E-state index contributed by atoms with van der Waals surface area (Å²) in [5.74, 6) is 0.180. The molecule has 29 heavy (non-hydrogen) atoms. The number of benzene rings is 2. The number of para-hydroxylation sites is 1. The fourth-order valence-electron chi connectivity index (χ4n) is 5.41. The zero-order chi connectivity index (χ0) is 19.8. The van der Waals surface area contributed by atoms with E-state index in [9.17, 15) is 4.79 Å². The van der Waals surface area contributed by atoms with Crippen LogP contribution in [-0.2, 0) is 6.42 Å². The third-order valence-corrected chi connectivity index (χ3v) is 7.09. The molecule has 3 aromatic rings. The number of nitrogens with one attached hydrogen (secondary N) is 1. The van der Waals surface area contributed by atoms with Gasteiger partial charge in [-0.25, -0.2) is 0 Å². The molecule has 2 atom stereocenters. The fourth-order valence-corrected chi connectivity index (χ4v) is 5.41. The number of hydrogen-bond donors (Lipinski definition) is 1. The number of rotatable bonds is 5. The van der Waals surface area contributed by atoms with Crippen LogP contribution in [0.15, 0.2) is 60.8 Å². The summed E-state index contributed by atoms with van der Waals surface area (Å²) < 4.78 is 0. The van der Waals surface area contributed by atoms with Crippen molar-refractivity contribution in [2.45, 2.75) is 50.2 Å². The van der Waals surface area contributed by atoms with E-state index in [1.54, 1.807) is 0 Å². The molecule has 1 amide bonds. The van der Waals surface area contributed by atoms with Crippen LogP contribution in [0.5, 0.6) is 0 Å². The van der Waals surface area contributed by atoms with E-state index in [2.05, 4.69) is 52.3 Å². The largest absolute Gasteiger partial charge is 0.361 e. The first kappa shape index (κ1) is 18.4. The Hall–Kier alpha value is -2.59. The van der Waals surface area contributed by atoms with Gasteiger partial charge >= 0.3 is 0 Å². The predicted molar refractivity (Wildman–Crippen MR) is 117 cm³/mol. The van der Waals surface area contributed by atoms with Gasteiger partial charge in [0, 0.05) is 47.3 Å². The Bertz CT molecular complexity index is 981. The normalized spacial score (nSPS) is 24.1. The lowest BCUT2D eigenvalue weighted by molar-refractivity contribution is 0.0488. The van der Waals surface area contributed by atoms with E-state index >= 15 is 0 Å². The summed E-state index contributed by atoms with van der Waals surface area (Å²) in [6.07, 6.45) is 7.72. The second-order valence-electron chi connectivity index (χ2n) is 8.65. The number of piperidine rings is 1. The molecule has 3 heterocycles. The number of hydrogen-bond acceptors (Lipinski definition) is 2. The van der Waals surface area contributed by atoms with Crippen molar-refractivity contribution in [1.29, 1.82) is 0 Å². The van der Waals surface area contributed by atoms with Crippen molar-refractivity contribution in [1.82, 2.24) is 14.8 Å². The van der Waals surface area contributed by atoms with Gasteiger partial charge in [0.25, 0.3) is 5.91 Å². The van der Waals surface area contributed by atoms with E-state index in [-0.39, 0.29) is 5.91 Å². The summed E-state index contributed by atoms with van der Waals surface area (Å²) in [5, 5.41) is 1.27. The molecule has 0 spiro atoms. The quantitative estimate of drug-likeness (QED) is 0.701. The number of aromatic amines is 1. The van der Waals surface area contributed by atoms with Crippen molar-refractivity contribution in [3.63, 3.8) is 0 Å². The summed E-state index contributed by atoms with van der Waals surface area (Å²) in [6.45, 7) is 0.767. The molecule has 4 nitrogen and oxygen atoms in total. The van der Waals surface area contributed by atoms with Crippen LogP contribution >= 0.6 is 0 Å². The molecule has 2 bridgehead atoms. The minimum Gasteiger partial charge on any atom is -0.361 e. The van der Waals surface area contributed by atoms with Crippen molar-refractivity contribution in [3.8, 4) is 0 Å². The summed E-state index contributed by atoms with van der Waals surface area (Å²) in [5.41, 5.74) is 3.26. The van der Waals surface area contributed by atoms with Gasteiger partial charge in [-0.15, -0.1) is 0 Å². The predicted octanol–water partition coefficient (Wildman–Crippen LogP) is 4.48. The lowest BCUT2D eigenvalue weighted by Gasteiger charge is -2.42. The molecule has 0 saturated carbocycles. The molecule has 0 radical (unpaired) electrons. The first-order chi connectivity index (χ1) is 14.2. The van der Waals surface area contributed by atoms with Gasteiger partial charge in [-0.05, 0) is 62.9 Å². The van der Waals surface area contributed by atoms with Crippen LogP contribution in [0.2, 0.25) is 0 Å². The monoisotopic (exact) mass is 387 g/mol. The topological polar surface area (TPSA) is 39.3 Å². The Morgan fingerprint density at radius 2 is 1.72 bits per heavy atom. The molecule has 1 N–H and O–H groups in total. The average Bonchev–Trinajstić information content (AvgIpc) is 3.24. The van der Waals surface area contributed by atoms with E-state index in [1.165, 1.54) is 29.3 Å². The lowest BCUT2D eigenvalue weighted by atomic mass is 9.95. The summed E-state index contributed by atoms with van der Waals surface area (Å²) in [6, 6.07) is 19.8. The Labute approximate surface area is 172 Å². The van der Waals surface area contributed by atoms with Gasteiger partial charge in [-0.2, -0.15) is 0 Å². The highest BCUT2D eigenvalue weighted by molar-refractivity contribution is 5.94. The molecule has 5 rings (SSSR count). The lowest BCUT2D eigenvalue weighted by Crippen LogP contribution is -2.51. The molecule has 2 aromatic carbocycles. The van der Waals surface area contributed by atoms with Crippen LogP contribution in [0, 0.1) is 0 Å². The first-order valence-corrected chi connectivity index (χ1v) is 10.8. The van der Waals surface area contributed by atoms with Crippen LogP contribution in [0.3, 0.4) is 0 Å². The van der Waals surface area contributed by atoms with Gasteiger partial charge in [0.15, 0.2) is 0 Å². The van der Waals surface area contributed by atoms with Crippen LogP contribution in [0.25, 0.3) is 10.9 Å². The second-order valence-corrected chi connectivity index (χ2v) is 8.65. The van der Waals surface area contributed by atoms with Crippen molar-refractivity contribution >= 4 is 16.8 Å². The Morgan fingerprint density at radius 1 is 1.03 bits per heavy atom. The molecule has 1 aromatic heterocycles. The van der Waals surface area contributed by atoms with E-state index in [0.717, 1.165) is 31.4 Å². The minimum atomic E-state index is 0.180. The van der Waals surface area contributed by atoms with Crippen molar-refractivity contribution in [2.24, 2.45) is 0 Å². The molecule has 2 aliphatic rings. The van der Waals surface area contributed by atoms with Gasteiger partial charge in [-0.3, -0.25) is 4.79 Å². The van der Waals surface area contributed by atoms with Crippen LogP contribution in [-0.4, -0.2) is 52.4 Å². The molecular weight excluding hydrogens is 358 g/mol. The summed E-state index contributed by atoms with van der Waals surface area (Å²) in [4.78, 5) is 21.6. The first-order valence-electron chi connectivity index (χ1n) is 10.8. The summed E-state index contributed by atoms with van der Waals surface area (Å²) >= 11 is 0. The number of carbonyl (C=O) groups is 1. The molecule has 2 aliphatic heterocycles. The molecular formula is C25H29N3O. The van der Waals surface area contributed by atoms with E-state index in [4.69, 9.17) is 0 Å². The number of aromatic nitrogens is 1. The average molecular weight is 388 g/mol. The smallest absolute Gasteiger partial charge is 0.254 e. The maximum atomic E-state index is 13.5. The van der Waals surface area contributed by atoms with Gasteiger partial charge in [0.2, 0.25) is 0 Å². The minimum absolute atomic E-state index is 0.180. The Morgan fingerprint density at radius 3 is 2.48 bits per heavy atom. The maximum Gasteiger partial charge on any atom is 0.254 e. The zero-order valence-electron chi connectivity index (χ0n) is 17.1. The molecule has 2 fully saturated rings. The van der Waals surface area contributed by atoms with Gasteiger partial charge in [0.05, 0.1) is 0 Å². The third-order valence-electron chi connectivity index (χ3n) is 7.09. The highest BCUT2D eigenvalue weighted by Gasteiger charge is 2.41. The fraction of sp³-hybridized carbons (Fsp3) is 0.400. The maximum absolute atomic E-state index is 13.5. The molecule has 2 saturated heterocycles. The number of carbonyl (C=O) groups excluding carboxylic acids is 1. The van der Waals surface area contributed by atoms with E-state index in [0.29, 0.717) is 18.1 Å². The SMILES string of the molecule is CN1[C@@H]2CC[C@@H]1CC(N(CCc1c[nH]c3ccccc13)C(=O)c1ccccc1)C2. The van der Waals surface area contributed by atoms with Gasteiger partial charge in [0.1, 0.15) is 0 Å². The van der Waals surface area contributed by atoms with E-state index in [1.807, 2.05) is 30.3 Å². The van der Waals surface area contributed by atoms with Gasteiger partial charge < -0.3 is 14.8 Å². The highest BCUT2D eigenvalue weighted by Crippen LogP contribution is 2.37. The van der Waals surface area contributed by atoms with Crippen LogP contribution in [0.1, 0.15) is 41.6 Å². The number of nitrogens with zero attached hydrogens (tertiary/aromatic N) is 2. The standard InChI is InChI=1S/C25H29N3O/c1-27-20-11-12-21(27)16-22(15-20)28(25(29)18-7-3-2-4-8-18)14-13-19-17-26-24-10-6-5-9-23(19)24/h2-10,17,20-22,26H,11-16H2,1H3/t20-,21-/m1/s1. The molecule has 0 unspecified atom stereocenters.